The first-order chi connectivity index (χ1) is 10.4. The highest BCUT2D eigenvalue weighted by molar-refractivity contribution is 4.81. The zero-order chi connectivity index (χ0) is 14.3. The van der Waals surface area contributed by atoms with Crippen molar-refractivity contribution >= 4 is 0 Å². The third kappa shape index (κ3) is 4.94. The van der Waals surface area contributed by atoms with Crippen molar-refractivity contribution in [3.05, 3.63) is 0 Å². The SMILES string of the molecule is C1CCN(C2CCN(CCCNC3CCCC3)CC2)CC1. The number of hydrogen-bond donors (Lipinski definition) is 1. The molecule has 0 bridgehead atoms. The van der Waals surface area contributed by atoms with Crippen molar-refractivity contribution < 1.29 is 0 Å². The van der Waals surface area contributed by atoms with Gasteiger partial charge in [-0.1, -0.05) is 19.3 Å². The second kappa shape index (κ2) is 8.50. The largest absolute Gasteiger partial charge is 0.314 e. The Morgan fingerprint density at radius 1 is 0.762 bits per heavy atom. The van der Waals surface area contributed by atoms with Crippen molar-refractivity contribution in [3.8, 4) is 0 Å². The second-order valence-corrected chi connectivity index (χ2v) is 7.46. The van der Waals surface area contributed by atoms with Crippen molar-refractivity contribution in [2.24, 2.45) is 0 Å². The van der Waals surface area contributed by atoms with Gasteiger partial charge in [-0.05, 0) is 84.2 Å². The van der Waals surface area contributed by atoms with Gasteiger partial charge in [0.25, 0.3) is 0 Å². The fourth-order valence-electron chi connectivity index (χ4n) is 4.53. The fraction of sp³-hybridized carbons (Fsp3) is 1.00. The minimum absolute atomic E-state index is 0.842. The van der Waals surface area contributed by atoms with Gasteiger partial charge < -0.3 is 15.1 Å². The molecule has 122 valence electrons. The average molecular weight is 293 g/mol. The van der Waals surface area contributed by atoms with Gasteiger partial charge in [-0.15, -0.1) is 0 Å². The molecule has 0 amide bonds. The highest BCUT2D eigenvalue weighted by atomic mass is 15.2. The first-order valence-electron chi connectivity index (χ1n) is 9.61. The van der Waals surface area contributed by atoms with E-state index in [9.17, 15) is 0 Å². The van der Waals surface area contributed by atoms with E-state index in [2.05, 4.69) is 15.1 Å². The highest BCUT2D eigenvalue weighted by Crippen LogP contribution is 2.21. The summed E-state index contributed by atoms with van der Waals surface area (Å²) in [7, 11) is 0. The minimum Gasteiger partial charge on any atom is -0.314 e. The van der Waals surface area contributed by atoms with E-state index >= 15 is 0 Å². The molecule has 3 fully saturated rings. The van der Waals surface area contributed by atoms with Crippen molar-refractivity contribution in [1.82, 2.24) is 15.1 Å². The summed E-state index contributed by atoms with van der Waals surface area (Å²) in [6.45, 7) is 7.96. The molecule has 3 heteroatoms. The van der Waals surface area contributed by atoms with Crippen molar-refractivity contribution in [2.75, 3.05) is 39.3 Å². The Hall–Kier alpha value is -0.120. The van der Waals surface area contributed by atoms with E-state index in [0.717, 1.165) is 12.1 Å². The normalized spacial score (nSPS) is 27.4. The number of likely N-dealkylation sites (tertiary alicyclic amines) is 2. The highest BCUT2D eigenvalue weighted by Gasteiger charge is 2.25. The molecular formula is C18H35N3. The summed E-state index contributed by atoms with van der Waals surface area (Å²) >= 11 is 0. The molecule has 0 aromatic carbocycles. The maximum Gasteiger partial charge on any atom is 0.0120 e. The van der Waals surface area contributed by atoms with Crippen LogP contribution in [0, 0.1) is 0 Å². The second-order valence-electron chi connectivity index (χ2n) is 7.46. The summed E-state index contributed by atoms with van der Waals surface area (Å²) in [5.74, 6) is 0. The van der Waals surface area contributed by atoms with E-state index < -0.39 is 0 Å². The molecule has 0 spiro atoms. The van der Waals surface area contributed by atoms with Gasteiger partial charge in [0, 0.05) is 12.1 Å². The molecule has 0 atom stereocenters. The Kier molecular flexibility index (Phi) is 6.38. The third-order valence-corrected chi connectivity index (χ3v) is 5.90. The molecule has 0 unspecified atom stereocenters. The number of nitrogens with one attached hydrogen (secondary N) is 1. The summed E-state index contributed by atoms with van der Waals surface area (Å²) in [6.07, 6.45) is 14.2. The lowest BCUT2D eigenvalue weighted by Crippen LogP contribution is -2.47. The van der Waals surface area contributed by atoms with E-state index in [0.29, 0.717) is 0 Å². The molecule has 3 aliphatic rings. The van der Waals surface area contributed by atoms with Gasteiger partial charge >= 0.3 is 0 Å². The third-order valence-electron chi connectivity index (χ3n) is 5.90. The maximum atomic E-state index is 3.75. The van der Waals surface area contributed by atoms with E-state index in [1.54, 1.807) is 0 Å². The van der Waals surface area contributed by atoms with Crippen molar-refractivity contribution in [2.45, 2.75) is 76.3 Å². The van der Waals surface area contributed by atoms with Crippen molar-refractivity contribution in [1.29, 1.82) is 0 Å². The molecule has 3 rings (SSSR count). The smallest absolute Gasteiger partial charge is 0.0120 e. The quantitative estimate of drug-likeness (QED) is 0.760. The lowest BCUT2D eigenvalue weighted by Gasteiger charge is -2.40. The van der Waals surface area contributed by atoms with Crippen LogP contribution in [0.3, 0.4) is 0 Å². The van der Waals surface area contributed by atoms with Crippen LogP contribution in [0.15, 0.2) is 0 Å². The van der Waals surface area contributed by atoms with Gasteiger partial charge in [-0.2, -0.15) is 0 Å². The first kappa shape index (κ1) is 15.8. The number of nitrogens with zero attached hydrogens (tertiary/aromatic N) is 2. The Morgan fingerprint density at radius 2 is 1.48 bits per heavy atom. The predicted molar refractivity (Wildman–Crippen MR) is 89.8 cm³/mol. The maximum absolute atomic E-state index is 3.75. The van der Waals surface area contributed by atoms with Gasteiger partial charge in [0.2, 0.25) is 0 Å². The van der Waals surface area contributed by atoms with Crippen LogP contribution in [0.1, 0.15) is 64.2 Å². The average Bonchev–Trinajstić information content (AvgIpc) is 3.06. The van der Waals surface area contributed by atoms with E-state index in [1.165, 1.54) is 103 Å². The molecule has 2 saturated heterocycles. The molecular weight excluding hydrogens is 258 g/mol. The van der Waals surface area contributed by atoms with Crippen LogP contribution < -0.4 is 5.32 Å². The van der Waals surface area contributed by atoms with Gasteiger partial charge in [0.1, 0.15) is 0 Å². The lowest BCUT2D eigenvalue weighted by molar-refractivity contribution is 0.0920. The lowest BCUT2D eigenvalue weighted by atomic mass is 10.00. The molecule has 0 aromatic rings. The van der Waals surface area contributed by atoms with Gasteiger partial charge in [-0.25, -0.2) is 0 Å². The van der Waals surface area contributed by atoms with Gasteiger partial charge in [0.15, 0.2) is 0 Å². The molecule has 0 aromatic heterocycles. The molecule has 0 radical (unpaired) electrons. The first-order valence-corrected chi connectivity index (χ1v) is 9.61. The predicted octanol–water partition coefficient (Wildman–Crippen LogP) is 2.86. The Morgan fingerprint density at radius 3 is 2.19 bits per heavy atom. The molecule has 1 saturated carbocycles. The summed E-state index contributed by atoms with van der Waals surface area (Å²) in [6, 6.07) is 1.74. The van der Waals surface area contributed by atoms with Crippen LogP contribution in [0.25, 0.3) is 0 Å². The van der Waals surface area contributed by atoms with Gasteiger partial charge in [0.05, 0.1) is 0 Å². The molecule has 2 heterocycles. The fourth-order valence-corrected chi connectivity index (χ4v) is 4.53. The number of piperidine rings is 2. The van der Waals surface area contributed by atoms with Crippen LogP contribution in [-0.4, -0.2) is 61.2 Å². The molecule has 1 aliphatic carbocycles. The summed E-state index contributed by atoms with van der Waals surface area (Å²) < 4.78 is 0. The Labute approximate surface area is 131 Å². The van der Waals surface area contributed by atoms with Crippen LogP contribution in [0.5, 0.6) is 0 Å². The van der Waals surface area contributed by atoms with Crippen LogP contribution in [0.4, 0.5) is 0 Å². The van der Waals surface area contributed by atoms with Crippen molar-refractivity contribution in [3.63, 3.8) is 0 Å². The molecule has 1 N–H and O–H groups in total. The molecule has 2 aliphatic heterocycles. The van der Waals surface area contributed by atoms with Gasteiger partial charge in [-0.3, -0.25) is 0 Å². The number of rotatable bonds is 6. The standard InChI is InChI=1S/C18H35N3/c1-4-13-21(14-5-1)18-9-15-20(16-10-18)12-6-11-19-17-7-2-3-8-17/h17-19H,1-16H2. The number of hydrogen-bond acceptors (Lipinski definition) is 3. The monoisotopic (exact) mass is 293 g/mol. The zero-order valence-corrected chi connectivity index (χ0v) is 13.9. The van der Waals surface area contributed by atoms with Crippen LogP contribution >= 0.6 is 0 Å². The Balaban J connectivity index is 1.25. The topological polar surface area (TPSA) is 18.5 Å². The van der Waals surface area contributed by atoms with Crippen LogP contribution in [-0.2, 0) is 0 Å². The summed E-state index contributed by atoms with van der Waals surface area (Å²) in [5, 5.41) is 3.75. The Bertz CT molecular complexity index is 274. The van der Waals surface area contributed by atoms with E-state index in [-0.39, 0.29) is 0 Å². The van der Waals surface area contributed by atoms with E-state index in [4.69, 9.17) is 0 Å². The molecule has 3 nitrogen and oxygen atoms in total. The zero-order valence-electron chi connectivity index (χ0n) is 13.9. The van der Waals surface area contributed by atoms with Crippen LogP contribution in [0.2, 0.25) is 0 Å². The summed E-state index contributed by atoms with van der Waals surface area (Å²) in [4.78, 5) is 5.49. The minimum atomic E-state index is 0.842. The summed E-state index contributed by atoms with van der Waals surface area (Å²) in [5.41, 5.74) is 0. The molecule has 21 heavy (non-hydrogen) atoms. The van der Waals surface area contributed by atoms with E-state index in [1.807, 2.05) is 0 Å².